The summed E-state index contributed by atoms with van der Waals surface area (Å²) in [5.74, 6) is 0. The molecule has 1 aromatic heterocycles. The highest BCUT2D eigenvalue weighted by Crippen LogP contribution is 2.29. The maximum absolute atomic E-state index is 2.58. The van der Waals surface area contributed by atoms with Gasteiger partial charge in [0.15, 0.2) is 0 Å². The van der Waals surface area contributed by atoms with Gasteiger partial charge in [0.25, 0.3) is 0 Å². The molecule has 0 aliphatic rings. The fraction of sp³-hybridized carbons (Fsp3) is 0.0968. The largest absolute Gasteiger partial charge is 0.340 e. The Morgan fingerprint density at radius 1 is 0.529 bits per heavy atom. The second-order valence-corrected chi connectivity index (χ2v) is 15.2. The number of hydrogen-bond donors (Lipinski definition) is 0. The molecule has 0 fully saturated rings. The van der Waals surface area contributed by atoms with Gasteiger partial charge in [0.2, 0.25) is 0 Å². The zero-order chi connectivity index (χ0) is 22.7. The van der Waals surface area contributed by atoms with Crippen LogP contribution in [0.3, 0.4) is 0 Å². The van der Waals surface area contributed by atoms with Crippen molar-refractivity contribution in [1.82, 2.24) is 4.57 Å². The summed E-state index contributed by atoms with van der Waals surface area (Å²) >= 11 is 0. The summed E-state index contributed by atoms with van der Waals surface area (Å²) in [7, 11) is -0.779. The Morgan fingerprint density at radius 2 is 1.12 bits per heavy atom. The zero-order valence-corrected chi connectivity index (χ0v) is 22.2. The van der Waals surface area contributed by atoms with Gasteiger partial charge in [0.1, 0.15) is 0 Å². The lowest BCUT2D eigenvalue weighted by Crippen LogP contribution is -2.30. The molecule has 1 unspecified atom stereocenters. The van der Waals surface area contributed by atoms with E-state index in [4.69, 9.17) is 0 Å². The molecule has 1 heterocycles. The molecule has 0 saturated heterocycles. The van der Waals surface area contributed by atoms with Gasteiger partial charge in [-0.3, -0.25) is 0 Å². The van der Waals surface area contributed by atoms with E-state index in [0.29, 0.717) is 0 Å². The van der Waals surface area contributed by atoms with Crippen molar-refractivity contribution in [2.24, 2.45) is 0 Å². The molecule has 3 heteroatoms. The molecule has 0 saturated carbocycles. The maximum Gasteiger partial charge on any atom is 0.0559 e. The standard InChI is InChI=1S/C31H29NSi2/c1-2-13-24(14-3-1)33-31(34-30-20-10-12-23-11-4-5-15-25(23)30)21-22-32-28-18-8-6-16-26(28)27-17-7-9-19-29(27)32/h1-20,31H,21-22,33-34H2. The van der Waals surface area contributed by atoms with Crippen LogP contribution >= 0.6 is 0 Å². The lowest BCUT2D eigenvalue weighted by molar-refractivity contribution is 0.704. The van der Waals surface area contributed by atoms with Crippen LogP contribution in [-0.2, 0) is 6.54 Å². The van der Waals surface area contributed by atoms with Gasteiger partial charge < -0.3 is 4.57 Å². The first-order chi connectivity index (χ1) is 16.9. The molecule has 0 aliphatic carbocycles. The quantitative estimate of drug-likeness (QED) is 0.286. The highest BCUT2D eigenvalue weighted by atomic mass is 28.3. The second-order valence-electron chi connectivity index (χ2n) is 9.37. The van der Waals surface area contributed by atoms with Crippen LogP contribution in [0.25, 0.3) is 32.6 Å². The molecular formula is C31H29NSi2. The summed E-state index contributed by atoms with van der Waals surface area (Å²) in [4.78, 5) is 0. The summed E-state index contributed by atoms with van der Waals surface area (Å²) < 4.78 is 2.58. The highest BCUT2D eigenvalue weighted by molar-refractivity contribution is 6.74. The number of hydrogen-bond acceptors (Lipinski definition) is 0. The number of para-hydroxylation sites is 2. The first kappa shape index (κ1) is 21.1. The predicted octanol–water partition coefficient (Wildman–Crippen LogP) is 5.07. The number of rotatable bonds is 7. The van der Waals surface area contributed by atoms with Gasteiger partial charge in [-0.1, -0.05) is 125 Å². The van der Waals surface area contributed by atoms with Gasteiger partial charge in [0, 0.05) is 28.4 Å². The van der Waals surface area contributed by atoms with Crippen LogP contribution in [0.15, 0.2) is 121 Å². The van der Waals surface area contributed by atoms with E-state index >= 15 is 0 Å². The maximum atomic E-state index is 2.58. The third-order valence-corrected chi connectivity index (χ3v) is 12.9. The van der Waals surface area contributed by atoms with Crippen LogP contribution in [0.5, 0.6) is 0 Å². The van der Waals surface area contributed by atoms with Gasteiger partial charge >= 0.3 is 0 Å². The van der Waals surface area contributed by atoms with Crippen molar-refractivity contribution in [3.8, 4) is 0 Å². The molecule has 0 spiro atoms. The van der Waals surface area contributed by atoms with E-state index in [1.165, 1.54) is 39.0 Å². The third-order valence-electron chi connectivity index (χ3n) is 7.20. The van der Waals surface area contributed by atoms with E-state index in [9.17, 15) is 0 Å². The van der Waals surface area contributed by atoms with Gasteiger partial charge in [0.05, 0.1) is 19.0 Å². The number of nitrogens with zero attached hydrogens (tertiary/aromatic N) is 1. The predicted molar refractivity (Wildman–Crippen MR) is 155 cm³/mol. The van der Waals surface area contributed by atoms with Crippen molar-refractivity contribution < 1.29 is 0 Å². The normalized spacial score (nSPS) is 13.2. The molecule has 0 aliphatic heterocycles. The van der Waals surface area contributed by atoms with Crippen LogP contribution < -0.4 is 10.4 Å². The minimum Gasteiger partial charge on any atom is -0.340 e. The Kier molecular flexibility index (Phi) is 5.88. The molecule has 34 heavy (non-hydrogen) atoms. The topological polar surface area (TPSA) is 4.93 Å². The fourth-order valence-corrected chi connectivity index (χ4v) is 11.5. The van der Waals surface area contributed by atoms with Crippen LogP contribution in [0.2, 0.25) is 5.16 Å². The third kappa shape index (κ3) is 4.13. The number of aromatic nitrogens is 1. The minimum atomic E-state index is -0.417. The smallest absolute Gasteiger partial charge is 0.0559 e. The number of fused-ring (bicyclic) bond motifs is 4. The van der Waals surface area contributed by atoms with E-state index < -0.39 is 9.52 Å². The van der Waals surface area contributed by atoms with Gasteiger partial charge in [-0.25, -0.2) is 0 Å². The van der Waals surface area contributed by atoms with E-state index in [-0.39, 0.29) is 9.52 Å². The molecular weight excluding hydrogens is 443 g/mol. The van der Waals surface area contributed by atoms with Crippen molar-refractivity contribution in [2.45, 2.75) is 18.1 Å². The first-order valence-corrected chi connectivity index (χ1v) is 15.4. The van der Waals surface area contributed by atoms with Crippen molar-refractivity contribution in [2.75, 3.05) is 0 Å². The molecule has 0 N–H and O–H groups in total. The summed E-state index contributed by atoms with van der Waals surface area (Å²) in [5, 5.41) is 9.68. The van der Waals surface area contributed by atoms with Crippen LogP contribution in [0.1, 0.15) is 6.42 Å². The molecule has 6 rings (SSSR count). The average molecular weight is 472 g/mol. The molecule has 1 atom stereocenters. The zero-order valence-electron chi connectivity index (χ0n) is 19.4. The Labute approximate surface area is 205 Å². The van der Waals surface area contributed by atoms with E-state index in [1.807, 2.05) is 0 Å². The van der Waals surface area contributed by atoms with Crippen LogP contribution in [0, 0.1) is 0 Å². The highest BCUT2D eigenvalue weighted by Gasteiger charge is 2.16. The summed E-state index contributed by atoms with van der Waals surface area (Å²) in [6, 6.07) is 45.0. The summed E-state index contributed by atoms with van der Waals surface area (Å²) in [6.07, 6.45) is 1.26. The van der Waals surface area contributed by atoms with Crippen molar-refractivity contribution >= 4 is 62.0 Å². The molecule has 1 nitrogen and oxygen atoms in total. The van der Waals surface area contributed by atoms with Gasteiger partial charge in [-0.05, 0) is 29.3 Å². The molecule has 166 valence electrons. The first-order valence-electron chi connectivity index (χ1n) is 12.3. The molecule has 0 radical (unpaired) electrons. The van der Waals surface area contributed by atoms with Gasteiger partial charge in [-0.2, -0.15) is 0 Å². The Morgan fingerprint density at radius 3 is 1.85 bits per heavy atom. The molecule has 0 bridgehead atoms. The molecule has 5 aromatic carbocycles. The minimum absolute atomic E-state index is 0.362. The van der Waals surface area contributed by atoms with Crippen molar-refractivity contribution in [3.63, 3.8) is 0 Å². The molecule has 0 amide bonds. The van der Waals surface area contributed by atoms with E-state index in [0.717, 1.165) is 11.7 Å². The Hall–Kier alpha value is -3.41. The summed E-state index contributed by atoms with van der Waals surface area (Å²) in [6.45, 7) is 1.09. The fourth-order valence-electron chi connectivity index (χ4n) is 5.56. The Bertz CT molecular complexity index is 1510. The van der Waals surface area contributed by atoms with Crippen LogP contribution in [0.4, 0.5) is 0 Å². The SMILES string of the molecule is c1ccc([SiH2]C(CCn2c3ccccc3c3ccccc32)[SiH2]c2cccc3ccccc23)cc1. The number of aryl methyl sites for hydroxylation is 1. The lowest BCUT2D eigenvalue weighted by Gasteiger charge is -2.19. The van der Waals surface area contributed by atoms with E-state index in [1.54, 1.807) is 10.4 Å². The average Bonchev–Trinajstić information content (AvgIpc) is 3.22. The molecule has 6 aromatic rings. The van der Waals surface area contributed by atoms with Crippen molar-refractivity contribution in [3.05, 3.63) is 121 Å². The van der Waals surface area contributed by atoms with Gasteiger partial charge in [-0.15, -0.1) is 0 Å². The van der Waals surface area contributed by atoms with Crippen molar-refractivity contribution in [1.29, 1.82) is 0 Å². The van der Waals surface area contributed by atoms with Crippen LogP contribution in [-0.4, -0.2) is 23.6 Å². The lowest BCUT2D eigenvalue weighted by atomic mass is 10.1. The van der Waals surface area contributed by atoms with E-state index in [2.05, 4.69) is 126 Å². The Balaban J connectivity index is 1.35. The summed E-state index contributed by atoms with van der Waals surface area (Å²) in [5.41, 5.74) is 2.74. The second kappa shape index (κ2) is 9.45. The number of benzene rings is 5. The monoisotopic (exact) mass is 471 g/mol.